The third-order valence-electron chi connectivity index (χ3n) is 12.0. The first-order chi connectivity index (χ1) is 28.5. The SMILES string of the molecule is CC1(C)c2ccccc2-c2ccc(N(c3ccc(-c4ccccc4)cc3)c3ccc4cccc5c4c3Oc3cc(N(c4ccccc4)c4ccccc4)ccc3-5)cc21. The van der Waals surface area contributed by atoms with E-state index >= 15 is 0 Å². The van der Waals surface area contributed by atoms with Gasteiger partial charge < -0.3 is 14.5 Å². The van der Waals surface area contributed by atoms with Crippen LogP contribution in [-0.2, 0) is 5.41 Å². The number of rotatable bonds is 7. The molecule has 1 aliphatic carbocycles. The van der Waals surface area contributed by atoms with Crippen LogP contribution in [-0.4, -0.2) is 0 Å². The third-order valence-corrected chi connectivity index (χ3v) is 12.0. The molecule has 9 aromatic carbocycles. The van der Waals surface area contributed by atoms with E-state index in [0.29, 0.717) is 0 Å². The van der Waals surface area contributed by atoms with E-state index in [-0.39, 0.29) is 5.41 Å². The number of hydrogen-bond donors (Lipinski definition) is 0. The molecule has 0 aromatic heterocycles. The van der Waals surface area contributed by atoms with Crippen molar-refractivity contribution in [3.05, 3.63) is 217 Å². The van der Waals surface area contributed by atoms with Crippen LogP contribution < -0.4 is 14.5 Å². The third kappa shape index (κ3) is 5.43. The second kappa shape index (κ2) is 13.4. The predicted molar refractivity (Wildman–Crippen MR) is 242 cm³/mol. The zero-order chi connectivity index (χ0) is 38.8. The minimum absolute atomic E-state index is 0.148. The molecule has 9 aromatic rings. The molecule has 1 aliphatic heterocycles. The van der Waals surface area contributed by atoms with Gasteiger partial charge in [-0.2, -0.15) is 0 Å². The Bertz CT molecular complexity index is 2950. The zero-order valence-corrected chi connectivity index (χ0v) is 32.4. The van der Waals surface area contributed by atoms with Crippen molar-refractivity contribution in [2.45, 2.75) is 19.3 Å². The van der Waals surface area contributed by atoms with E-state index < -0.39 is 0 Å². The maximum absolute atomic E-state index is 7.28. The lowest BCUT2D eigenvalue weighted by molar-refractivity contribution is 0.488. The maximum Gasteiger partial charge on any atom is 0.159 e. The van der Waals surface area contributed by atoms with Crippen molar-refractivity contribution in [2.24, 2.45) is 0 Å². The highest BCUT2D eigenvalue weighted by atomic mass is 16.5. The van der Waals surface area contributed by atoms with Crippen molar-refractivity contribution in [1.82, 2.24) is 0 Å². The fourth-order valence-corrected chi connectivity index (χ4v) is 9.20. The summed E-state index contributed by atoms with van der Waals surface area (Å²) in [6, 6.07) is 74.1. The lowest BCUT2D eigenvalue weighted by Crippen LogP contribution is -2.17. The highest BCUT2D eigenvalue weighted by molar-refractivity contribution is 6.08. The Balaban J connectivity index is 1.10. The van der Waals surface area contributed by atoms with Crippen LogP contribution >= 0.6 is 0 Å². The van der Waals surface area contributed by atoms with Gasteiger partial charge in [-0.05, 0) is 111 Å². The van der Waals surface area contributed by atoms with Crippen LogP contribution in [0.25, 0.3) is 44.2 Å². The second-order valence-corrected chi connectivity index (χ2v) is 15.8. The molecule has 0 amide bonds. The summed E-state index contributed by atoms with van der Waals surface area (Å²) in [5, 5.41) is 2.26. The van der Waals surface area contributed by atoms with Gasteiger partial charge in [0, 0.05) is 50.9 Å². The van der Waals surface area contributed by atoms with Gasteiger partial charge in [-0.3, -0.25) is 0 Å². The molecule has 3 heteroatoms. The van der Waals surface area contributed by atoms with Gasteiger partial charge in [-0.15, -0.1) is 0 Å². The van der Waals surface area contributed by atoms with Crippen LogP contribution in [0.1, 0.15) is 25.0 Å². The molecule has 0 saturated carbocycles. The number of fused-ring (bicyclic) bond motifs is 5. The fourth-order valence-electron chi connectivity index (χ4n) is 9.20. The molecule has 0 atom stereocenters. The van der Waals surface area contributed by atoms with Crippen LogP contribution in [0.15, 0.2) is 206 Å². The molecular weight excluding hydrogens is 705 g/mol. The number of ether oxygens (including phenoxy) is 1. The van der Waals surface area contributed by atoms with Gasteiger partial charge >= 0.3 is 0 Å². The standard InChI is InChI=1S/C55H40N2O/c1-55(2)49-24-13-12-22-45(49)46-32-30-43(35-50(46)55)57(42-28-25-38(26-29-42)37-15-6-3-7-16-37)51-34-27-39-17-14-23-48-47-33-31-44(36-52(47)58-54(51)53(39)48)56(40-18-8-4-9-19-40)41-20-10-5-11-21-41/h3-36H,1-2H3. The average Bonchev–Trinajstić information content (AvgIpc) is 3.51. The average molecular weight is 745 g/mol. The number of para-hydroxylation sites is 2. The van der Waals surface area contributed by atoms with Crippen LogP contribution in [0.4, 0.5) is 34.1 Å². The van der Waals surface area contributed by atoms with E-state index in [1.54, 1.807) is 0 Å². The summed E-state index contributed by atoms with van der Waals surface area (Å²) in [7, 11) is 0. The number of benzene rings is 9. The van der Waals surface area contributed by atoms with E-state index in [4.69, 9.17) is 4.74 Å². The van der Waals surface area contributed by atoms with Crippen molar-refractivity contribution in [1.29, 1.82) is 0 Å². The molecule has 0 bridgehead atoms. The van der Waals surface area contributed by atoms with Crippen LogP contribution in [0.3, 0.4) is 0 Å². The van der Waals surface area contributed by atoms with Gasteiger partial charge in [0.05, 0.1) is 5.69 Å². The van der Waals surface area contributed by atoms with Gasteiger partial charge in [0.1, 0.15) is 5.75 Å². The Morgan fingerprint density at radius 3 is 1.66 bits per heavy atom. The normalized spacial score (nSPS) is 12.9. The predicted octanol–water partition coefficient (Wildman–Crippen LogP) is 15.5. The van der Waals surface area contributed by atoms with E-state index in [9.17, 15) is 0 Å². The maximum atomic E-state index is 7.28. The Labute approximate surface area is 339 Å². The largest absolute Gasteiger partial charge is 0.454 e. The van der Waals surface area contributed by atoms with Gasteiger partial charge in [0.15, 0.2) is 5.75 Å². The second-order valence-electron chi connectivity index (χ2n) is 15.8. The molecule has 0 N–H and O–H groups in total. The Morgan fingerprint density at radius 1 is 0.379 bits per heavy atom. The Kier molecular flexibility index (Phi) is 7.84. The van der Waals surface area contributed by atoms with Gasteiger partial charge in [0.2, 0.25) is 0 Å². The summed E-state index contributed by atoms with van der Waals surface area (Å²) in [4.78, 5) is 4.67. The van der Waals surface area contributed by atoms with Crippen LogP contribution in [0, 0.1) is 0 Å². The van der Waals surface area contributed by atoms with E-state index in [1.807, 2.05) is 0 Å². The first kappa shape index (κ1) is 33.9. The summed E-state index contributed by atoms with van der Waals surface area (Å²) in [6.07, 6.45) is 0. The molecule has 0 radical (unpaired) electrons. The van der Waals surface area contributed by atoms with Gasteiger partial charge in [0.25, 0.3) is 0 Å². The fraction of sp³-hybridized carbons (Fsp3) is 0.0545. The molecule has 11 rings (SSSR count). The van der Waals surface area contributed by atoms with Crippen molar-refractivity contribution in [3.63, 3.8) is 0 Å². The Morgan fingerprint density at radius 2 is 0.931 bits per heavy atom. The van der Waals surface area contributed by atoms with Crippen LogP contribution in [0.5, 0.6) is 11.5 Å². The van der Waals surface area contributed by atoms with Gasteiger partial charge in [-0.1, -0.05) is 147 Å². The van der Waals surface area contributed by atoms with E-state index in [1.165, 1.54) is 33.4 Å². The summed E-state index contributed by atoms with van der Waals surface area (Å²) < 4.78 is 7.28. The minimum atomic E-state index is -0.148. The first-order valence-corrected chi connectivity index (χ1v) is 20.0. The Hall–Kier alpha value is -7.36. The molecule has 3 nitrogen and oxygen atoms in total. The number of anilines is 6. The minimum Gasteiger partial charge on any atom is -0.454 e. The zero-order valence-electron chi connectivity index (χ0n) is 32.4. The molecule has 1 heterocycles. The summed E-state index contributed by atoms with van der Waals surface area (Å²) in [5.74, 6) is 1.67. The van der Waals surface area contributed by atoms with Crippen molar-refractivity contribution in [2.75, 3.05) is 9.80 Å². The molecule has 276 valence electrons. The first-order valence-electron chi connectivity index (χ1n) is 20.0. The molecule has 0 spiro atoms. The quantitative estimate of drug-likeness (QED) is 0.162. The van der Waals surface area contributed by atoms with E-state index in [2.05, 4.69) is 230 Å². The molecule has 0 unspecified atom stereocenters. The van der Waals surface area contributed by atoms with E-state index in [0.717, 1.165) is 67.5 Å². The number of nitrogens with zero attached hydrogens (tertiary/aromatic N) is 2. The summed E-state index contributed by atoms with van der Waals surface area (Å²) in [6.45, 7) is 4.69. The smallest absolute Gasteiger partial charge is 0.159 e. The lowest BCUT2D eigenvalue weighted by Gasteiger charge is -2.32. The van der Waals surface area contributed by atoms with Gasteiger partial charge in [-0.25, -0.2) is 0 Å². The van der Waals surface area contributed by atoms with Crippen molar-refractivity contribution < 1.29 is 4.74 Å². The summed E-state index contributed by atoms with van der Waals surface area (Å²) in [5.41, 5.74) is 16.1. The molecular formula is C55H40N2O. The molecule has 0 saturated heterocycles. The van der Waals surface area contributed by atoms with Crippen molar-refractivity contribution >= 4 is 44.9 Å². The number of hydrogen-bond acceptors (Lipinski definition) is 3. The van der Waals surface area contributed by atoms with Crippen LogP contribution in [0.2, 0.25) is 0 Å². The molecule has 0 fully saturated rings. The lowest BCUT2D eigenvalue weighted by atomic mass is 9.82. The highest BCUT2D eigenvalue weighted by Crippen LogP contribution is 2.56. The summed E-state index contributed by atoms with van der Waals surface area (Å²) >= 11 is 0. The molecule has 58 heavy (non-hydrogen) atoms. The topological polar surface area (TPSA) is 15.7 Å². The highest BCUT2D eigenvalue weighted by Gasteiger charge is 2.36. The molecule has 2 aliphatic rings. The monoisotopic (exact) mass is 744 g/mol. The van der Waals surface area contributed by atoms with Crippen molar-refractivity contribution in [3.8, 4) is 44.9 Å².